The Kier molecular flexibility index (Phi) is 4.18. The van der Waals surface area contributed by atoms with Crippen molar-refractivity contribution < 1.29 is 4.74 Å². The minimum atomic E-state index is 0.459. The lowest BCUT2D eigenvalue weighted by Crippen LogP contribution is -2.18. The Hall–Kier alpha value is -0.610. The SMILES string of the molecule is CCOCCn1nnc(CCl)c1C1CCC1. The van der Waals surface area contributed by atoms with E-state index in [0.29, 0.717) is 18.4 Å². The van der Waals surface area contributed by atoms with Crippen LogP contribution in [-0.2, 0) is 17.2 Å². The first kappa shape index (κ1) is 11.9. The summed E-state index contributed by atoms with van der Waals surface area (Å²) in [5.41, 5.74) is 2.18. The second-order valence-corrected chi connectivity index (χ2v) is 4.37. The quantitative estimate of drug-likeness (QED) is 0.569. The molecule has 5 heteroatoms. The van der Waals surface area contributed by atoms with E-state index in [0.717, 1.165) is 18.8 Å². The second kappa shape index (κ2) is 5.64. The van der Waals surface area contributed by atoms with Crippen LogP contribution in [0.5, 0.6) is 0 Å². The highest BCUT2D eigenvalue weighted by Crippen LogP contribution is 2.37. The first-order valence-corrected chi connectivity index (χ1v) is 6.46. The molecule has 1 aliphatic rings. The van der Waals surface area contributed by atoms with Gasteiger partial charge in [-0.1, -0.05) is 11.6 Å². The lowest BCUT2D eigenvalue weighted by molar-refractivity contribution is 0.134. The third kappa shape index (κ3) is 2.38. The standard InChI is InChI=1S/C11H18ClN3O/c1-2-16-7-6-15-11(9-4-3-5-9)10(8-12)13-14-15/h9H,2-8H2,1H3. The molecule has 1 aromatic rings. The molecule has 1 fully saturated rings. The van der Waals surface area contributed by atoms with Crippen molar-refractivity contribution in [2.45, 2.75) is 44.5 Å². The van der Waals surface area contributed by atoms with Gasteiger partial charge in [-0.15, -0.1) is 16.7 Å². The van der Waals surface area contributed by atoms with Gasteiger partial charge in [0.05, 0.1) is 24.7 Å². The average Bonchev–Trinajstić information content (AvgIpc) is 2.60. The fourth-order valence-electron chi connectivity index (χ4n) is 2.04. The molecule has 1 aromatic heterocycles. The number of alkyl halides is 1. The van der Waals surface area contributed by atoms with E-state index in [4.69, 9.17) is 16.3 Å². The van der Waals surface area contributed by atoms with E-state index in [1.54, 1.807) is 0 Å². The van der Waals surface area contributed by atoms with E-state index in [1.165, 1.54) is 25.0 Å². The summed E-state index contributed by atoms with van der Waals surface area (Å²) in [5.74, 6) is 1.07. The van der Waals surface area contributed by atoms with Crippen LogP contribution in [0.4, 0.5) is 0 Å². The van der Waals surface area contributed by atoms with Crippen molar-refractivity contribution in [3.05, 3.63) is 11.4 Å². The van der Waals surface area contributed by atoms with Gasteiger partial charge in [-0.25, -0.2) is 4.68 Å². The summed E-state index contributed by atoms with van der Waals surface area (Å²) in [6, 6.07) is 0. The topological polar surface area (TPSA) is 39.9 Å². The van der Waals surface area contributed by atoms with Crippen molar-refractivity contribution in [1.29, 1.82) is 0 Å². The van der Waals surface area contributed by atoms with Crippen LogP contribution in [0.15, 0.2) is 0 Å². The van der Waals surface area contributed by atoms with Crippen LogP contribution in [0, 0.1) is 0 Å². The molecule has 0 atom stereocenters. The summed E-state index contributed by atoms with van der Waals surface area (Å²) in [7, 11) is 0. The van der Waals surface area contributed by atoms with Gasteiger partial charge in [0, 0.05) is 12.5 Å². The molecule has 2 rings (SSSR count). The van der Waals surface area contributed by atoms with Gasteiger partial charge in [0.25, 0.3) is 0 Å². The van der Waals surface area contributed by atoms with Crippen LogP contribution in [-0.4, -0.2) is 28.2 Å². The maximum absolute atomic E-state index is 5.88. The maximum atomic E-state index is 5.88. The Morgan fingerprint density at radius 3 is 2.88 bits per heavy atom. The number of nitrogens with zero attached hydrogens (tertiary/aromatic N) is 3. The number of aromatic nitrogens is 3. The Morgan fingerprint density at radius 2 is 2.31 bits per heavy atom. The van der Waals surface area contributed by atoms with Gasteiger partial charge in [-0.2, -0.15) is 0 Å². The lowest BCUT2D eigenvalue weighted by Gasteiger charge is -2.26. The number of halogens is 1. The number of ether oxygens (including phenoxy) is 1. The Labute approximate surface area is 101 Å². The highest BCUT2D eigenvalue weighted by atomic mass is 35.5. The third-order valence-electron chi connectivity index (χ3n) is 3.12. The monoisotopic (exact) mass is 243 g/mol. The van der Waals surface area contributed by atoms with E-state index < -0.39 is 0 Å². The highest BCUT2D eigenvalue weighted by Gasteiger charge is 2.27. The largest absolute Gasteiger partial charge is 0.380 e. The third-order valence-corrected chi connectivity index (χ3v) is 3.37. The van der Waals surface area contributed by atoms with Crippen LogP contribution in [0.3, 0.4) is 0 Å². The second-order valence-electron chi connectivity index (χ2n) is 4.10. The summed E-state index contributed by atoms with van der Waals surface area (Å²) in [6.07, 6.45) is 3.79. The molecular formula is C11H18ClN3O. The summed E-state index contributed by atoms with van der Waals surface area (Å²) in [6.45, 7) is 4.22. The molecule has 0 aromatic carbocycles. The van der Waals surface area contributed by atoms with Crippen molar-refractivity contribution in [3.8, 4) is 0 Å². The van der Waals surface area contributed by atoms with Gasteiger partial charge in [0.2, 0.25) is 0 Å². The Bertz CT molecular complexity index is 336. The van der Waals surface area contributed by atoms with Gasteiger partial charge in [-0.05, 0) is 19.8 Å². The summed E-state index contributed by atoms with van der Waals surface area (Å²) in [4.78, 5) is 0. The van der Waals surface area contributed by atoms with Crippen molar-refractivity contribution in [3.63, 3.8) is 0 Å². The van der Waals surface area contributed by atoms with Gasteiger partial charge >= 0.3 is 0 Å². The molecule has 0 amide bonds. The molecule has 0 spiro atoms. The summed E-state index contributed by atoms with van der Waals surface area (Å²) < 4.78 is 7.31. The predicted molar refractivity (Wildman–Crippen MR) is 62.7 cm³/mol. The van der Waals surface area contributed by atoms with Gasteiger partial charge in [0.15, 0.2) is 0 Å². The summed E-state index contributed by atoms with van der Waals surface area (Å²) in [5, 5.41) is 8.31. The Morgan fingerprint density at radius 1 is 1.50 bits per heavy atom. The van der Waals surface area contributed by atoms with Crippen LogP contribution in [0.1, 0.15) is 43.5 Å². The van der Waals surface area contributed by atoms with E-state index in [9.17, 15) is 0 Å². The summed E-state index contributed by atoms with van der Waals surface area (Å²) >= 11 is 5.88. The van der Waals surface area contributed by atoms with E-state index in [2.05, 4.69) is 10.3 Å². The molecule has 1 aliphatic carbocycles. The van der Waals surface area contributed by atoms with Crippen LogP contribution < -0.4 is 0 Å². The molecule has 0 saturated heterocycles. The smallest absolute Gasteiger partial charge is 0.101 e. The molecule has 16 heavy (non-hydrogen) atoms. The molecule has 0 unspecified atom stereocenters. The normalized spacial score (nSPS) is 16.4. The lowest BCUT2D eigenvalue weighted by atomic mass is 9.82. The number of rotatable bonds is 6. The molecular weight excluding hydrogens is 226 g/mol. The number of hydrogen-bond donors (Lipinski definition) is 0. The molecule has 1 heterocycles. The van der Waals surface area contributed by atoms with E-state index >= 15 is 0 Å². The van der Waals surface area contributed by atoms with Crippen molar-refractivity contribution in [1.82, 2.24) is 15.0 Å². The molecule has 0 aliphatic heterocycles. The zero-order chi connectivity index (χ0) is 11.4. The first-order chi connectivity index (χ1) is 7.86. The predicted octanol–water partition coefficient (Wildman–Crippen LogP) is 2.32. The average molecular weight is 244 g/mol. The highest BCUT2D eigenvalue weighted by molar-refractivity contribution is 6.16. The first-order valence-electron chi connectivity index (χ1n) is 5.92. The van der Waals surface area contributed by atoms with Gasteiger partial charge in [0.1, 0.15) is 5.69 Å². The van der Waals surface area contributed by atoms with Crippen LogP contribution in [0.2, 0.25) is 0 Å². The van der Waals surface area contributed by atoms with Gasteiger partial charge < -0.3 is 4.74 Å². The van der Waals surface area contributed by atoms with Crippen LogP contribution in [0.25, 0.3) is 0 Å². The molecule has 1 saturated carbocycles. The molecule has 90 valence electrons. The fourth-order valence-corrected chi connectivity index (χ4v) is 2.23. The van der Waals surface area contributed by atoms with Crippen molar-refractivity contribution in [2.24, 2.45) is 0 Å². The molecule has 0 bridgehead atoms. The van der Waals surface area contributed by atoms with Crippen LogP contribution >= 0.6 is 11.6 Å². The Balaban J connectivity index is 2.07. The number of hydrogen-bond acceptors (Lipinski definition) is 3. The van der Waals surface area contributed by atoms with E-state index in [-0.39, 0.29) is 0 Å². The molecule has 4 nitrogen and oxygen atoms in total. The maximum Gasteiger partial charge on any atom is 0.101 e. The zero-order valence-corrected chi connectivity index (χ0v) is 10.4. The van der Waals surface area contributed by atoms with E-state index in [1.807, 2.05) is 11.6 Å². The van der Waals surface area contributed by atoms with Crippen molar-refractivity contribution in [2.75, 3.05) is 13.2 Å². The minimum Gasteiger partial charge on any atom is -0.380 e. The minimum absolute atomic E-state index is 0.459. The fraction of sp³-hybridized carbons (Fsp3) is 0.818. The zero-order valence-electron chi connectivity index (χ0n) is 9.65. The molecule has 0 radical (unpaired) electrons. The van der Waals surface area contributed by atoms with Gasteiger partial charge in [-0.3, -0.25) is 0 Å². The van der Waals surface area contributed by atoms with Crippen molar-refractivity contribution >= 4 is 11.6 Å². The molecule has 0 N–H and O–H groups in total.